The molecule has 0 spiro atoms. The Kier molecular flexibility index (Phi) is 5.58. The lowest BCUT2D eigenvalue weighted by Crippen LogP contribution is -2.16. The Morgan fingerprint density at radius 2 is 1.27 bits per heavy atom. The Labute approximate surface area is 152 Å². The molecule has 0 aliphatic heterocycles. The van der Waals surface area contributed by atoms with E-state index in [9.17, 15) is 13.2 Å². The van der Waals surface area contributed by atoms with Gasteiger partial charge < -0.3 is 14.2 Å². The molecule has 3 aromatic carbocycles. The summed E-state index contributed by atoms with van der Waals surface area (Å²) in [6, 6.07) is 22.5. The Morgan fingerprint density at radius 3 is 1.88 bits per heavy atom. The van der Waals surface area contributed by atoms with E-state index in [1.165, 1.54) is 24.1 Å². The molecule has 26 heavy (non-hydrogen) atoms. The van der Waals surface area contributed by atoms with Crippen LogP contribution in [0.4, 0.5) is 18.9 Å². The molecule has 7 heteroatoms. The molecule has 3 nitrogen and oxygen atoms in total. The van der Waals surface area contributed by atoms with Crippen LogP contribution < -0.4 is 14.2 Å². The first kappa shape index (κ1) is 18.0. The topological polar surface area (TPSA) is 30.5 Å². The fourth-order valence-electron chi connectivity index (χ4n) is 2.04. The summed E-state index contributed by atoms with van der Waals surface area (Å²) in [5.74, 6) is 1.22. The summed E-state index contributed by atoms with van der Waals surface area (Å²) in [5, 5.41) is 0. The second-order valence-corrected chi connectivity index (χ2v) is 6.04. The maximum atomic E-state index is 12.1. The van der Waals surface area contributed by atoms with Crippen molar-refractivity contribution in [3.05, 3.63) is 78.9 Å². The van der Waals surface area contributed by atoms with Crippen LogP contribution in [0.25, 0.3) is 0 Å². The molecule has 3 aromatic rings. The van der Waals surface area contributed by atoms with Crippen LogP contribution in [0.2, 0.25) is 0 Å². The van der Waals surface area contributed by atoms with Crippen molar-refractivity contribution in [1.82, 2.24) is 0 Å². The first-order valence-corrected chi connectivity index (χ1v) is 8.41. The first-order chi connectivity index (χ1) is 12.5. The highest BCUT2D eigenvalue weighted by molar-refractivity contribution is 8.00. The Balaban J connectivity index is 1.53. The predicted octanol–water partition coefficient (Wildman–Crippen LogP) is 6.50. The Morgan fingerprint density at radius 1 is 0.692 bits per heavy atom. The van der Waals surface area contributed by atoms with Gasteiger partial charge >= 0.3 is 6.36 Å². The molecule has 1 N–H and O–H groups in total. The van der Waals surface area contributed by atoms with Crippen LogP contribution in [0.1, 0.15) is 0 Å². The van der Waals surface area contributed by atoms with E-state index in [1.807, 2.05) is 54.6 Å². The molecule has 134 valence electrons. The fourth-order valence-corrected chi connectivity index (χ4v) is 2.69. The van der Waals surface area contributed by atoms with Crippen molar-refractivity contribution >= 4 is 17.6 Å². The summed E-state index contributed by atoms with van der Waals surface area (Å²) in [4.78, 5) is 0.754. The van der Waals surface area contributed by atoms with Gasteiger partial charge in [0.05, 0.1) is 0 Å². The monoisotopic (exact) mass is 377 g/mol. The van der Waals surface area contributed by atoms with Crippen molar-refractivity contribution in [2.45, 2.75) is 11.3 Å². The summed E-state index contributed by atoms with van der Waals surface area (Å²) < 4.78 is 49.1. The van der Waals surface area contributed by atoms with Crippen molar-refractivity contribution in [2.24, 2.45) is 0 Å². The smallest absolute Gasteiger partial charge is 0.457 e. The molecule has 0 amide bonds. The van der Waals surface area contributed by atoms with Gasteiger partial charge in [-0.25, -0.2) is 0 Å². The van der Waals surface area contributed by atoms with Gasteiger partial charge in [0.2, 0.25) is 0 Å². The predicted molar refractivity (Wildman–Crippen MR) is 95.6 cm³/mol. The van der Waals surface area contributed by atoms with Gasteiger partial charge in [-0.15, -0.1) is 13.2 Å². The van der Waals surface area contributed by atoms with Crippen LogP contribution in [0.5, 0.6) is 17.2 Å². The summed E-state index contributed by atoms with van der Waals surface area (Å²) >= 11 is 1.28. The third kappa shape index (κ3) is 5.63. The van der Waals surface area contributed by atoms with E-state index in [0.29, 0.717) is 5.75 Å². The van der Waals surface area contributed by atoms with Gasteiger partial charge in [0.15, 0.2) is 0 Å². The van der Waals surface area contributed by atoms with Gasteiger partial charge in [0.1, 0.15) is 17.2 Å². The summed E-state index contributed by atoms with van der Waals surface area (Å²) in [6.45, 7) is 0. The molecule has 0 atom stereocenters. The molecule has 3 rings (SSSR count). The lowest BCUT2D eigenvalue weighted by molar-refractivity contribution is -0.274. The molecule has 0 unspecified atom stereocenters. The fraction of sp³-hybridized carbons (Fsp3) is 0.0526. The van der Waals surface area contributed by atoms with Crippen molar-refractivity contribution in [3.8, 4) is 17.2 Å². The quantitative estimate of drug-likeness (QED) is 0.497. The maximum absolute atomic E-state index is 12.1. The average molecular weight is 377 g/mol. The normalized spacial score (nSPS) is 11.0. The minimum Gasteiger partial charge on any atom is -0.457 e. The minimum atomic E-state index is -4.68. The molecule has 0 bridgehead atoms. The molecule has 0 aliphatic rings. The highest BCUT2D eigenvalue weighted by atomic mass is 32.2. The van der Waals surface area contributed by atoms with E-state index in [2.05, 4.69) is 9.46 Å². The molecule has 0 heterocycles. The van der Waals surface area contributed by atoms with E-state index in [-0.39, 0.29) is 5.75 Å². The van der Waals surface area contributed by atoms with Gasteiger partial charge in [-0.1, -0.05) is 18.2 Å². The lowest BCUT2D eigenvalue weighted by Gasteiger charge is -2.10. The van der Waals surface area contributed by atoms with Crippen LogP contribution in [0.15, 0.2) is 83.8 Å². The number of anilines is 1. The number of ether oxygens (including phenoxy) is 2. The van der Waals surface area contributed by atoms with Gasteiger partial charge in [-0.05, 0) is 72.6 Å². The molecule has 0 radical (unpaired) electrons. The molecule has 0 fully saturated rings. The summed E-state index contributed by atoms with van der Waals surface area (Å²) in [5.41, 5.74) is 0.839. The van der Waals surface area contributed by atoms with Gasteiger partial charge in [0, 0.05) is 10.6 Å². The lowest BCUT2D eigenvalue weighted by atomic mass is 10.3. The van der Waals surface area contributed by atoms with E-state index < -0.39 is 6.36 Å². The third-order valence-electron chi connectivity index (χ3n) is 3.18. The standard InChI is InChI=1S/C19H14F3NO2S/c20-19(21,22)25-17-10-12-18(13-11-17)26-23-14-6-8-16(9-7-14)24-15-4-2-1-3-5-15/h1-13,23H. The van der Waals surface area contributed by atoms with Crippen LogP contribution in [-0.2, 0) is 0 Å². The molecule has 0 saturated heterocycles. The second kappa shape index (κ2) is 8.05. The number of benzene rings is 3. The number of rotatable bonds is 6. The Hall–Kier alpha value is -2.80. The number of alkyl halides is 3. The van der Waals surface area contributed by atoms with Crippen molar-refractivity contribution in [2.75, 3.05) is 4.72 Å². The van der Waals surface area contributed by atoms with Gasteiger partial charge in [-0.3, -0.25) is 0 Å². The minimum absolute atomic E-state index is 0.246. The molecule has 0 saturated carbocycles. The van der Waals surface area contributed by atoms with E-state index in [1.54, 1.807) is 12.1 Å². The van der Waals surface area contributed by atoms with Crippen molar-refractivity contribution in [1.29, 1.82) is 0 Å². The number of nitrogens with one attached hydrogen (secondary N) is 1. The zero-order valence-electron chi connectivity index (χ0n) is 13.4. The van der Waals surface area contributed by atoms with Crippen LogP contribution in [0, 0.1) is 0 Å². The number of hydrogen-bond donors (Lipinski definition) is 1. The molecule has 0 aromatic heterocycles. The SMILES string of the molecule is FC(F)(F)Oc1ccc(SNc2ccc(Oc3ccccc3)cc2)cc1. The summed E-state index contributed by atoms with van der Waals surface area (Å²) in [7, 11) is 0. The van der Waals surface area contributed by atoms with Gasteiger partial charge in [-0.2, -0.15) is 0 Å². The van der Waals surface area contributed by atoms with E-state index in [0.717, 1.165) is 16.3 Å². The van der Waals surface area contributed by atoms with Gasteiger partial charge in [0.25, 0.3) is 0 Å². The molecule has 0 aliphatic carbocycles. The second-order valence-electron chi connectivity index (χ2n) is 5.16. The van der Waals surface area contributed by atoms with Crippen LogP contribution in [0.3, 0.4) is 0 Å². The Bertz CT molecular complexity index is 822. The van der Waals surface area contributed by atoms with Crippen LogP contribution >= 0.6 is 11.9 Å². The number of halogens is 3. The zero-order valence-corrected chi connectivity index (χ0v) is 14.2. The van der Waals surface area contributed by atoms with E-state index in [4.69, 9.17) is 4.74 Å². The molecular weight excluding hydrogens is 363 g/mol. The van der Waals surface area contributed by atoms with E-state index >= 15 is 0 Å². The van der Waals surface area contributed by atoms with Crippen molar-refractivity contribution in [3.63, 3.8) is 0 Å². The highest BCUT2D eigenvalue weighted by Gasteiger charge is 2.30. The highest BCUT2D eigenvalue weighted by Crippen LogP contribution is 2.28. The summed E-state index contributed by atoms with van der Waals surface area (Å²) in [6.07, 6.45) is -4.68. The zero-order chi connectivity index (χ0) is 18.4. The largest absolute Gasteiger partial charge is 0.573 e. The van der Waals surface area contributed by atoms with Crippen LogP contribution in [-0.4, -0.2) is 6.36 Å². The average Bonchev–Trinajstić information content (AvgIpc) is 2.62. The van der Waals surface area contributed by atoms with Crippen molar-refractivity contribution < 1.29 is 22.6 Å². The number of hydrogen-bond acceptors (Lipinski definition) is 4. The number of para-hydroxylation sites is 1. The first-order valence-electron chi connectivity index (χ1n) is 7.60. The molecular formula is C19H14F3NO2S. The third-order valence-corrected chi connectivity index (χ3v) is 4.02. The maximum Gasteiger partial charge on any atom is 0.573 e.